The van der Waals surface area contributed by atoms with Crippen LogP contribution in [0.5, 0.6) is 0 Å². The molecule has 0 radical (unpaired) electrons. The zero-order chi connectivity index (χ0) is 44.8. The number of hydrogen-bond acceptors (Lipinski definition) is 0. The highest BCUT2D eigenvalue weighted by atomic mass is 19.2. The Hall–Kier alpha value is -4.50. The Balaban J connectivity index is 0.000000567. The maximum Gasteiger partial charge on any atom is 0.200 e. The fraction of sp³-hybridized carbons (Fsp3) is 0.351. The Morgan fingerprint density at radius 2 is 0.407 bits per heavy atom. The molecule has 0 saturated carbocycles. The van der Waals surface area contributed by atoms with Crippen molar-refractivity contribution in [1.29, 1.82) is 0 Å². The van der Waals surface area contributed by atoms with Gasteiger partial charge < -0.3 is 5.73 Å². The summed E-state index contributed by atoms with van der Waals surface area (Å²) in [6, 6.07) is 0. The minimum atomic E-state index is -7.22. The van der Waals surface area contributed by atoms with E-state index >= 15 is 35.1 Å². The average molecular weight is 879 g/mol. The third-order valence-corrected chi connectivity index (χ3v) is 9.56. The van der Waals surface area contributed by atoms with Crippen LogP contribution in [0.3, 0.4) is 0 Å². The zero-order valence-electron chi connectivity index (χ0n) is 30.3. The summed E-state index contributed by atoms with van der Waals surface area (Å²) in [5.74, 6) is -71.4. The van der Waals surface area contributed by atoms with Crippen LogP contribution in [0.25, 0.3) is 0 Å². The molecule has 0 atom stereocenters. The van der Waals surface area contributed by atoms with Crippen molar-refractivity contribution in [2.45, 2.75) is 77.6 Å². The SMILES string of the molecule is CCCCCCCCCCCCC[NH3+].Fc1c(F)c(F)c([B-](c2c(F)c(F)c(F)c(F)c2F)(c2c(F)c(F)c(F)c(F)c2F)c2c(F)c(F)c(F)c(F)c2F)c(F)c1F. The predicted octanol–water partition coefficient (Wildman–Crippen LogP) is 9.39. The maximum absolute atomic E-state index is 15.4. The lowest BCUT2D eigenvalue weighted by Gasteiger charge is -2.44. The van der Waals surface area contributed by atoms with Crippen LogP contribution in [-0.2, 0) is 0 Å². The highest BCUT2D eigenvalue weighted by molar-refractivity contribution is 7.20. The van der Waals surface area contributed by atoms with Gasteiger partial charge in [0.05, 0.1) is 6.54 Å². The fourth-order valence-corrected chi connectivity index (χ4v) is 6.72. The average Bonchev–Trinajstić information content (AvgIpc) is 3.21. The first-order chi connectivity index (χ1) is 27.6. The number of benzene rings is 4. The lowest BCUT2D eigenvalue weighted by atomic mass is 9.12. The van der Waals surface area contributed by atoms with E-state index < -0.39 is 144 Å². The molecule has 0 unspecified atom stereocenters. The van der Waals surface area contributed by atoms with Gasteiger partial charge in [0.2, 0.25) is 0 Å². The minimum absolute atomic E-state index is 1.12. The summed E-state index contributed by atoms with van der Waals surface area (Å²) in [6.07, 6.45) is 8.52. The van der Waals surface area contributed by atoms with Gasteiger partial charge in [0.15, 0.2) is 69.8 Å². The van der Waals surface area contributed by atoms with Gasteiger partial charge in [-0.25, -0.2) is 87.8 Å². The van der Waals surface area contributed by atoms with Gasteiger partial charge in [-0.15, -0.1) is 21.9 Å². The van der Waals surface area contributed by atoms with Gasteiger partial charge in [0.1, 0.15) is 52.7 Å². The molecule has 4 aromatic carbocycles. The molecule has 0 aromatic heterocycles. The Morgan fingerprint density at radius 3 is 0.576 bits per heavy atom. The lowest BCUT2D eigenvalue weighted by molar-refractivity contribution is -0.368. The topological polar surface area (TPSA) is 27.6 Å². The quantitative estimate of drug-likeness (QED) is 0.0406. The third kappa shape index (κ3) is 8.87. The number of unbranched alkanes of at least 4 members (excludes halogenated alkanes) is 10. The molecule has 0 aliphatic carbocycles. The molecule has 0 heterocycles. The fourth-order valence-electron chi connectivity index (χ4n) is 6.72. The molecule has 0 aliphatic rings. The largest absolute Gasteiger partial charge is 0.358 e. The molecule has 0 fully saturated rings. The predicted molar refractivity (Wildman–Crippen MR) is 173 cm³/mol. The van der Waals surface area contributed by atoms with Gasteiger partial charge in [-0.05, 0) is 12.8 Å². The summed E-state index contributed by atoms with van der Waals surface area (Å²) >= 11 is 0. The van der Waals surface area contributed by atoms with Crippen LogP contribution < -0.4 is 27.6 Å². The van der Waals surface area contributed by atoms with Gasteiger partial charge in [0, 0.05) is 0 Å². The van der Waals surface area contributed by atoms with E-state index in [4.69, 9.17) is 0 Å². The molecule has 0 amide bonds. The van der Waals surface area contributed by atoms with Crippen LogP contribution in [0.4, 0.5) is 87.8 Å². The molecule has 0 spiro atoms. The first-order valence-corrected chi connectivity index (χ1v) is 17.6. The standard InChI is InChI=1S/C24BF20.C13H29N/c26-5-1(6(27)14(35)21(42)13(5)34)25(2-7(28)15(36)22(43)16(37)8(2)29,3-9(30)17(38)23(44)18(39)10(3)31)4-11(32)19(40)24(45)20(41)12(4)33;1-2-3-4-5-6-7-8-9-10-11-12-13-14/h;2-14H2,1H3/q-1;/p+1. The number of rotatable bonds is 15. The second-order valence-electron chi connectivity index (χ2n) is 13.2. The van der Waals surface area contributed by atoms with Gasteiger partial charge >= 0.3 is 0 Å². The highest BCUT2D eigenvalue weighted by Gasteiger charge is 2.52. The van der Waals surface area contributed by atoms with Crippen molar-refractivity contribution >= 4 is 28.0 Å². The molecule has 3 N–H and O–H groups in total. The van der Waals surface area contributed by atoms with Crippen LogP contribution >= 0.6 is 0 Å². The summed E-state index contributed by atoms with van der Waals surface area (Å²) in [6.45, 7) is 3.40. The molecule has 4 aromatic rings. The molecule has 0 aliphatic heterocycles. The van der Waals surface area contributed by atoms with Gasteiger partial charge in [-0.2, -0.15) is 0 Å². The van der Waals surface area contributed by atoms with E-state index in [2.05, 4.69) is 12.7 Å². The normalized spacial score (nSPS) is 11.7. The monoisotopic (exact) mass is 879 g/mol. The van der Waals surface area contributed by atoms with Gasteiger partial charge in [-0.1, -0.05) is 64.7 Å². The van der Waals surface area contributed by atoms with Crippen molar-refractivity contribution in [3.63, 3.8) is 0 Å². The van der Waals surface area contributed by atoms with Crippen LogP contribution in [-0.4, -0.2) is 12.7 Å². The van der Waals surface area contributed by atoms with E-state index in [9.17, 15) is 52.7 Å². The van der Waals surface area contributed by atoms with Crippen LogP contribution in [0.15, 0.2) is 0 Å². The molecule has 0 saturated heterocycles. The summed E-state index contributed by atoms with van der Waals surface area (Å²) in [4.78, 5) is 0. The Labute approximate surface area is 322 Å². The third-order valence-electron chi connectivity index (χ3n) is 9.56. The molecule has 4 rings (SSSR count). The van der Waals surface area contributed by atoms with Crippen LogP contribution in [0.2, 0.25) is 0 Å². The Bertz CT molecular complexity index is 1780. The summed E-state index contributed by atoms with van der Waals surface area (Å²) in [5.41, 5.74) is -10.5. The highest BCUT2D eigenvalue weighted by Crippen LogP contribution is 2.30. The van der Waals surface area contributed by atoms with Crippen molar-refractivity contribution in [1.82, 2.24) is 0 Å². The number of hydrogen-bond donors (Lipinski definition) is 1. The number of halogens is 20. The second-order valence-corrected chi connectivity index (χ2v) is 13.2. The van der Waals surface area contributed by atoms with Crippen molar-refractivity contribution in [3.8, 4) is 0 Å². The molecule has 59 heavy (non-hydrogen) atoms. The molecule has 326 valence electrons. The van der Waals surface area contributed by atoms with Crippen molar-refractivity contribution < 1.29 is 93.5 Å². The molecule has 0 bridgehead atoms. The van der Waals surface area contributed by atoms with Gasteiger partial charge in [-0.3, -0.25) is 0 Å². The van der Waals surface area contributed by atoms with Crippen molar-refractivity contribution in [2.75, 3.05) is 6.54 Å². The van der Waals surface area contributed by atoms with E-state index in [0.29, 0.717) is 0 Å². The van der Waals surface area contributed by atoms with Crippen molar-refractivity contribution in [3.05, 3.63) is 116 Å². The molecular weight excluding hydrogens is 849 g/mol. The second kappa shape index (κ2) is 20.2. The number of quaternary nitrogens is 1. The van der Waals surface area contributed by atoms with E-state index in [1.54, 1.807) is 0 Å². The van der Waals surface area contributed by atoms with E-state index in [0.717, 1.165) is 6.54 Å². The summed E-state index contributed by atoms with van der Waals surface area (Å²) in [7, 11) is 0. The van der Waals surface area contributed by atoms with E-state index in [1.165, 1.54) is 70.6 Å². The summed E-state index contributed by atoms with van der Waals surface area (Å²) < 4.78 is 294. The van der Waals surface area contributed by atoms with Crippen LogP contribution in [0.1, 0.15) is 77.6 Å². The first kappa shape index (κ1) is 48.9. The Kier molecular flexibility index (Phi) is 16.7. The smallest absolute Gasteiger partial charge is 0.200 e. The molecule has 22 heteroatoms. The molecule has 1 nitrogen and oxygen atoms in total. The maximum atomic E-state index is 15.4. The van der Waals surface area contributed by atoms with E-state index in [-0.39, 0.29) is 0 Å². The summed E-state index contributed by atoms with van der Waals surface area (Å²) in [5, 5.41) is 0. The lowest BCUT2D eigenvalue weighted by Crippen LogP contribution is -2.81. The Morgan fingerprint density at radius 1 is 0.254 bits per heavy atom. The zero-order valence-corrected chi connectivity index (χ0v) is 30.3. The minimum Gasteiger partial charge on any atom is -0.358 e. The van der Waals surface area contributed by atoms with Gasteiger partial charge in [0.25, 0.3) is 0 Å². The first-order valence-electron chi connectivity index (χ1n) is 17.6. The van der Waals surface area contributed by atoms with Crippen molar-refractivity contribution in [2.24, 2.45) is 0 Å². The van der Waals surface area contributed by atoms with Crippen LogP contribution in [0, 0.1) is 116 Å². The van der Waals surface area contributed by atoms with E-state index in [1.807, 2.05) is 0 Å². The molecular formula is C37H30BF20N.